The lowest BCUT2D eigenvalue weighted by molar-refractivity contribution is -0.122. The molecule has 0 fully saturated rings. The molecule has 0 bridgehead atoms. The minimum Gasteiger partial charge on any atom is -0.350 e. The number of anilines is 1. The number of nitrogens with one attached hydrogen (secondary N) is 1. The summed E-state index contributed by atoms with van der Waals surface area (Å²) in [6.07, 6.45) is 4.66. The highest BCUT2D eigenvalue weighted by Gasteiger charge is 2.31. The topological polar surface area (TPSA) is 79.4 Å². The summed E-state index contributed by atoms with van der Waals surface area (Å²) in [5.74, 6) is -0.371. The Hall–Kier alpha value is -2.12. The maximum atomic E-state index is 12.6. The molecule has 0 spiro atoms. The zero-order chi connectivity index (χ0) is 18.4. The number of carbonyl (C=O) groups is 1. The highest BCUT2D eigenvalue weighted by atomic mass is 35.5. The normalized spacial score (nSPS) is 12.4. The van der Waals surface area contributed by atoms with Crippen LogP contribution >= 0.6 is 11.6 Å². The third kappa shape index (κ3) is 5.17. The Kier molecular flexibility index (Phi) is 6.39. The standard InChI is InChI=1S/C17H20ClN3O3S/c1-3-16(17(22)20-12-13-7-9-19-10-8-13)21(25(2,23)24)15-6-4-5-14(18)11-15/h4-11,16H,3,12H2,1-2H3,(H,20,22)/t16-/m1/s1. The van der Waals surface area contributed by atoms with Crippen LogP contribution in [0.4, 0.5) is 5.69 Å². The van der Waals surface area contributed by atoms with Gasteiger partial charge in [-0.1, -0.05) is 24.6 Å². The molecule has 0 unspecified atom stereocenters. The summed E-state index contributed by atoms with van der Waals surface area (Å²) in [5.41, 5.74) is 1.24. The minimum absolute atomic E-state index is 0.297. The summed E-state index contributed by atoms with van der Waals surface area (Å²) in [5, 5.41) is 3.18. The smallest absolute Gasteiger partial charge is 0.244 e. The summed E-state index contributed by atoms with van der Waals surface area (Å²) in [6, 6.07) is 9.15. The quantitative estimate of drug-likeness (QED) is 0.799. The Morgan fingerprint density at radius 3 is 2.52 bits per heavy atom. The molecule has 1 heterocycles. The fraction of sp³-hybridized carbons (Fsp3) is 0.294. The van der Waals surface area contributed by atoms with E-state index in [1.165, 1.54) is 6.07 Å². The van der Waals surface area contributed by atoms with E-state index < -0.39 is 16.1 Å². The van der Waals surface area contributed by atoms with Crippen molar-refractivity contribution in [1.29, 1.82) is 0 Å². The van der Waals surface area contributed by atoms with Gasteiger partial charge in [-0.25, -0.2) is 8.42 Å². The number of sulfonamides is 1. The molecule has 0 saturated carbocycles. The van der Waals surface area contributed by atoms with Crippen LogP contribution in [0, 0.1) is 0 Å². The van der Waals surface area contributed by atoms with Gasteiger partial charge in [0.1, 0.15) is 6.04 Å². The predicted molar refractivity (Wildman–Crippen MR) is 98.9 cm³/mol. The lowest BCUT2D eigenvalue weighted by Crippen LogP contribution is -2.49. The van der Waals surface area contributed by atoms with Gasteiger partial charge in [0.05, 0.1) is 11.9 Å². The van der Waals surface area contributed by atoms with E-state index in [1.807, 2.05) is 0 Å². The first-order chi connectivity index (χ1) is 11.8. The number of halogens is 1. The third-order valence-electron chi connectivity index (χ3n) is 3.61. The third-order valence-corrected chi connectivity index (χ3v) is 5.02. The molecular weight excluding hydrogens is 362 g/mol. The van der Waals surface area contributed by atoms with Crippen molar-refractivity contribution in [3.8, 4) is 0 Å². The van der Waals surface area contributed by atoms with Gasteiger partial charge in [0, 0.05) is 24.0 Å². The fourth-order valence-electron chi connectivity index (χ4n) is 2.48. The lowest BCUT2D eigenvalue weighted by atomic mass is 10.1. The zero-order valence-corrected chi connectivity index (χ0v) is 15.6. The molecular formula is C17H20ClN3O3S. The maximum Gasteiger partial charge on any atom is 0.244 e. The van der Waals surface area contributed by atoms with E-state index in [2.05, 4.69) is 10.3 Å². The number of pyridine rings is 1. The SMILES string of the molecule is CC[C@H](C(=O)NCc1ccncc1)N(c1cccc(Cl)c1)S(C)(=O)=O. The van der Waals surface area contributed by atoms with Crippen LogP contribution in [0.5, 0.6) is 0 Å². The van der Waals surface area contributed by atoms with Gasteiger partial charge in [-0.05, 0) is 42.3 Å². The first-order valence-corrected chi connectivity index (χ1v) is 9.97. The Morgan fingerprint density at radius 1 is 1.28 bits per heavy atom. The molecule has 1 atom stereocenters. The van der Waals surface area contributed by atoms with Gasteiger partial charge in [0.15, 0.2) is 0 Å². The lowest BCUT2D eigenvalue weighted by Gasteiger charge is -2.30. The molecule has 25 heavy (non-hydrogen) atoms. The van der Waals surface area contributed by atoms with Crippen molar-refractivity contribution in [2.45, 2.75) is 25.9 Å². The van der Waals surface area contributed by atoms with Crippen LogP contribution < -0.4 is 9.62 Å². The van der Waals surface area contributed by atoms with E-state index >= 15 is 0 Å². The first kappa shape index (κ1) is 19.2. The van der Waals surface area contributed by atoms with E-state index in [4.69, 9.17) is 11.6 Å². The summed E-state index contributed by atoms with van der Waals surface area (Å²) in [4.78, 5) is 16.5. The van der Waals surface area contributed by atoms with Crippen LogP contribution in [0.1, 0.15) is 18.9 Å². The summed E-state index contributed by atoms with van der Waals surface area (Å²) in [6.45, 7) is 2.06. The molecule has 1 aromatic carbocycles. The molecule has 2 rings (SSSR count). The van der Waals surface area contributed by atoms with Crippen molar-refractivity contribution in [1.82, 2.24) is 10.3 Å². The number of aromatic nitrogens is 1. The molecule has 0 aliphatic carbocycles. The van der Waals surface area contributed by atoms with E-state index in [0.717, 1.165) is 16.1 Å². The monoisotopic (exact) mass is 381 g/mol. The van der Waals surface area contributed by atoms with Crippen LogP contribution in [0.25, 0.3) is 0 Å². The molecule has 0 radical (unpaired) electrons. The molecule has 1 amide bonds. The molecule has 8 heteroatoms. The number of amides is 1. The van der Waals surface area contributed by atoms with Crippen molar-refractivity contribution in [3.63, 3.8) is 0 Å². The highest BCUT2D eigenvalue weighted by molar-refractivity contribution is 7.92. The summed E-state index contributed by atoms with van der Waals surface area (Å²) in [7, 11) is -3.67. The molecule has 0 aliphatic rings. The number of benzene rings is 1. The summed E-state index contributed by atoms with van der Waals surface area (Å²) < 4.78 is 25.7. The minimum atomic E-state index is -3.67. The van der Waals surface area contributed by atoms with Crippen molar-refractivity contribution < 1.29 is 13.2 Å². The number of carbonyl (C=O) groups excluding carboxylic acids is 1. The van der Waals surface area contributed by atoms with E-state index in [-0.39, 0.29) is 5.91 Å². The number of nitrogens with zero attached hydrogens (tertiary/aromatic N) is 2. The van der Waals surface area contributed by atoms with Crippen molar-refractivity contribution in [3.05, 3.63) is 59.4 Å². The molecule has 0 saturated heterocycles. The Labute approximate surface area is 152 Å². The maximum absolute atomic E-state index is 12.6. The van der Waals surface area contributed by atoms with Gasteiger partial charge in [0.25, 0.3) is 0 Å². The van der Waals surface area contributed by atoms with Crippen LogP contribution in [-0.2, 0) is 21.4 Å². The largest absolute Gasteiger partial charge is 0.350 e. The Balaban J connectivity index is 2.25. The fourth-order valence-corrected chi connectivity index (χ4v) is 3.87. The second kappa shape index (κ2) is 8.31. The predicted octanol–water partition coefficient (Wildman–Crippen LogP) is 2.60. The van der Waals surface area contributed by atoms with Crippen molar-refractivity contribution in [2.75, 3.05) is 10.6 Å². The molecule has 1 N–H and O–H groups in total. The Morgan fingerprint density at radius 2 is 1.96 bits per heavy atom. The van der Waals surface area contributed by atoms with Gasteiger partial charge < -0.3 is 5.32 Å². The molecule has 1 aromatic heterocycles. The summed E-state index contributed by atoms with van der Waals surface area (Å²) >= 11 is 5.98. The van der Waals surface area contributed by atoms with Crippen molar-refractivity contribution >= 4 is 33.2 Å². The zero-order valence-electron chi connectivity index (χ0n) is 14.0. The number of hydrogen-bond donors (Lipinski definition) is 1. The van der Waals surface area contributed by atoms with Gasteiger partial charge in [-0.3, -0.25) is 14.1 Å². The van der Waals surface area contributed by atoms with Gasteiger partial charge >= 0.3 is 0 Å². The Bertz CT molecular complexity index is 828. The van der Waals surface area contributed by atoms with E-state index in [1.54, 1.807) is 49.6 Å². The highest BCUT2D eigenvalue weighted by Crippen LogP contribution is 2.25. The molecule has 134 valence electrons. The van der Waals surface area contributed by atoms with Gasteiger partial charge in [0.2, 0.25) is 15.9 Å². The molecule has 6 nitrogen and oxygen atoms in total. The number of hydrogen-bond acceptors (Lipinski definition) is 4. The molecule has 0 aliphatic heterocycles. The molecule has 2 aromatic rings. The van der Waals surface area contributed by atoms with Crippen LogP contribution in [0.15, 0.2) is 48.8 Å². The van der Waals surface area contributed by atoms with Gasteiger partial charge in [-0.2, -0.15) is 0 Å². The number of rotatable bonds is 7. The van der Waals surface area contributed by atoms with Crippen LogP contribution in [0.3, 0.4) is 0 Å². The van der Waals surface area contributed by atoms with Crippen LogP contribution in [-0.4, -0.2) is 31.6 Å². The van der Waals surface area contributed by atoms with E-state index in [0.29, 0.717) is 23.7 Å². The van der Waals surface area contributed by atoms with E-state index in [9.17, 15) is 13.2 Å². The average Bonchev–Trinajstić information content (AvgIpc) is 2.57. The second-order valence-corrected chi connectivity index (χ2v) is 7.83. The van der Waals surface area contributed by atoms with Crippen LogP contribution in [0.2, 0.25) is 5.02 Å². The van der Waals surface area contributed by atoms with Crippen molar-refractivity contribution in [2.24, 2.45) is 0 Å². The average molecular weight is 382 g/mol. The second-order valence-electron chi connectivity index (χ2n) is 5.54. The van der Waals surface area contributed by atoms with Gasteiger partial charge in [-0.15, -0.1) is 0 Å². The first-order valence-electron chi connectivity index (χ1n) is 7.74.